The highest BCUT2D eigenvalue weighted by Crippen LogP contribution is 2.23. The molecular weight excluding hydrogens is 260 g/mol. The first-order valence-electron chi connectivity index (χ1n) is 5.96. The van der Waals surface area contributed by atoms with Crippen molar-refractivity contribution in [1.29, 1.82) is 0 Å². The highest BCUT2D eigenvalue weighted by atomic mass is 16.5. The fraction of sp³-hybridized carbons (Fsp3) is 0.133. The molecule has 1 aliphatic rings. The normalized spacial score (nSPS) is 20.9. The number of phenolic OH excluding ortho intramolecular Hbond substituents is 1. The van der Waals surface area contributed by atoms with Crippen molar-refractivity contribution in [2.24, 2.45) is 5.92 Å². The number of rotatable bonds is 3. The van der Waals surface area contributed by atoms with E-state index in [2.05, 4.69) is 0 Å². The third-order valence-corrected chi connectivity index (χ3v) is 2.92. The number of para-hydroxylation sites is 1. The lowest BCUT2D eigenvalue weighted by atomic mass is 9.97. The number of phenols is 1. The Balaban J connectivity index is 2.12. The molecule has 1 aromatic carbocycles. The minimum atomic E-state index is -2.36. The molecule has 1 aliphatic carbocycles. The van der Waals surface area contributed by atoms with E-state index in [0.717, 1.165) is 6.08 Å². The zero-order valence-electron chi connectivity index (χ0n) is 10.5. The van der Waals surface area contributed by atoms with E-state index in [1.807, 2.05) is 0 Å². The van der Waals surface area contributed by atoms with Gasteiger partial charge >= 0.3 is 0 Å². The van der Waals surface area contributed by atoms with Crippen LogP contribution in [-0.4, -0.2) is 32.0 Å². The first kappa shape index (κ1) is 14.0. The summed E-state index contributed by atoms with van der Waals surface area (Å²) < 4.78 is 0. The van der Waals surface area contributed by atoms with E-state index in [1.165, 1.54) is 36.4 Å². The monoisotopic (exact) mass is 274 g/mol. The van der Waals surface area contributed by atoms with Gasteiger partial charge in [-0.25, -0.2) is 0 Å². The van der Waals surface area contributed by atoms with Gasteiger partial charge in [-0.15, -0.1) is 0 Å². The summed E-state index contributed by atoms with van der Waals surface area (Å²) in [5, 5.41) is 37.5. The Morgan fingerprint density at radius 2 is 1.90 bits per heavy atom. The Bertz CT molecular complexity index is 610. The van der Waals surface area contributed by atoms with Crippen LogP contribution < -0.4 is 0 Å². The zero-order valence-corrected chi connectivity index (χ0v) is 10.5. The average molecular weight is 274 g/mol. The van der Waals surface area contributed by atoms with Crippen LogP contribution in [0.1, 0.15) is 10.4 Å². The lowest BCUT2D eigenvalue weighted by Gasteiger charge is -2.21. The third-order valence-electron chi connectivity index (χ3n) is 2.92. The Kier molecular flexibility index (Phi) is 3.74. The smallest absolute Gasteiger partial charge is 0.242 e. The Morgan fingerprint density at radius 1 is 1.20 bits per heavy atom. The highest BCUT2D eigenvalue weighted by molar-refractivity contribution is 6.06. The van der Waals surface area contributed by atoms with Crippen LogP contribution >= 0.6 is 0 Å². The van der Waals surface area contributed by atoms with Gasteiger partial charge in [0.2, 0.25) is 5.79 Å². The molecule has 1 atom stereocenters. The van der Waals surface area contributed by atoms with E-state index in [1.54, 1.807) is 12.1 Å². The van der Waals surface area contributed by atoms with Crippen molar-refractivity contribution in [2.75, 3.05) is 0 Å². The predicted molar refractivity (Wildman–Crippen MR) is 72.1 cm³/mol. The molecule has 0 aromatic heterocycles. The van der Waals surface area contributed by atoms with E-state index in [-0.39, 0.29) is 17.1 Å². The first-order valence-corrected chi connectivity index (χ1v) is 5.96. The standard InChI is InChI=1S/C15H14O5/c16-12-4-2-1-3-11(12)13(17)6-5-10-7-8-15(19,20)14(18)9-10/h1-10,16,18-20H/b6-5+. The van der Waals surface area contributed by atoms with E-state index in [4.69, 9.17) is 0 Å². The van der Waals surface area contributed by atoms with Crippen LogP contribution in [0.25, 0.3) is 0 Å². The Hall–Kier alpha value is -2.37. The second-order valence-corrected chi connectivity index (χ2v) is 4.46. The summed E-state index contributed by atoms with van der Waals surface area (Å²) in [5.41, 5.74) is 0.176. The zero-order chi connectivity index (χ0) is 14.8. The summed E-state index contributed by atoms with van der Waals surface area (Å²) >= 11 is 0. The maximum absolute atomic E-state index is 11.9. The number of ketones is 1. The molecule has 1 unspecified atom stereocenters. The van der Waals surface area contributed by atoms with E-state index in [9.17, 15) is 25.2 Å². The molecular formula is C15H14O5. The molecule has 0 saturated heterocycles. The first-order chi connectivity index (χ1) is 9.40. The third kappa shape index (κ3) is 2.96. The minimum Gasteiger partial charge on any atom is -0.507 e. The molecule has 20 heavy (non-hydrogen) atoms. The number of allylic oxidation sites excluding steroid dienone is 4. The van der Waals surface area contributed by atoms with Crippen molar-refractivity contribution in [2.45, 2.75) is 5.79 Å². The van der Waals surface area contributed by atoms with Crippen molar-refractivity contribution in [3.05, 3.63) is 66.0 Å². The number of aliphatic hydroxyl groups is 3. The molecule has 0 fully saturated rings. The molecule has 0 amide bonds. The van der Waals surface area contributed by atoms with Crippen LogP contribution in [0.5, 0.6) is 5.75 Å². The predicted octanol–water partition coefficient (Wildman–Crippen LogP) is 1.44. The summed E-state index contributed by atoms with van der Waals surface area (Å²) in [6.45, 7) is 0. The SMILES string of the molecule is O=C(/C=C/C1C=CC(O)(O)C(O)=C1)c1ccccc1O. The molecule has 5 heteroatoms. The molecule has 2 rings (SSSR count). The second-order valence-electron chi connectivity index (χ2n) is 4.46. The average Bonchev–Trinajstić information content (AvgIpc) is 2.40. The maximum atomic E-state index is 11.9. The van der Waals surface area contributed by atoms with Crippen LogP contribution in [0.15, 0.2) is 60.4 Å². The number of aliphatic hydroxyl groups excluding tert-OH is 1. The molecule has 4 N–H and O–H groups in total. The van der Waals surface area contributed by atoms with Crippen molar-refractivity contribution in [3.8, 4) is 5.75 Å². The van der Waals surface area contributed by atoms with E-state index in [0.29, 0.717) is 0 Å². The highest BCUT2D eigenvalue weighted by Gasteiger charge is 2.28. The van der Waals surface area contributed by atoms with Gasteiger partial charge in [0.05, 0.1) is 5.56 Å². The van der Waals surface area contributed by atoms with Crippen molar-refractivity contribution < 1.29 is 25.2 Å². The van der Waals surface area contributed by atoms with Crippen molar-refractivity contribution >= 4 is 5.78 Å². The maximum Gasteiger partial charge on any atom is 0.242 e. The van der Waals surface area contributed by atoms with Crippen LogP contribution in [0.2, 0.25) is 0 Å². The van der Waals surface area contributed by atoms with Gasteiger partial charge in [0.25, 0.3) is 0 Å². The van der Waals surface area contributed by atoms with Gasteiger partial charge in [-0.3, -0.25) is 4.79 Å². The lowest BCUT2D eigenvalue weighted by Crippen LogP contribution is -2.30. The van der Waals surface area contributed by atoms with Crippen molar-refractivity contribution in [1.82, 2.24) is 0 Å². The number of benzene rings is 1. The number of hydrogen-bond donors (Lipinski definition) is 4. The van der Waals surface area contributed by atoms with Crippen LogP contribution in [-0.2, 0) is 0 Å². The van der Waals surface area contributed by atoms with Gasteiger partial charge in [0.15, 0.2) is 11.5 Å². The summed E-state index contributed by atoms with van der Waals surface area (Å²) in [4.78, 5) is 11.9. The van der Waals surface area contributed by atoms with Gasteiger partial charge in [-0.1, -0.05) is 24.3 Å². The van der Waals surface area contributed by atoms with Gasteiger partial charge < -0.3 is 20.4 Å². The van der Waals surface area contributed by atoms with Crippen molar-refractivity contribution in [3.63, 3.8) is 0 Å². The molecule has 0 bridgehead atoms. The Labute approximate surface area is 115 Å². The van der Waals surface area contributed by atoms with Gasteiger partial charge in [-0.05, 0) is 30.4 Å². The molecule has 5 nitrogen and oxygen atoms in total. The lowest BCUT2D eigenvalue weighted by molar-refractivity contribution is -0.112. The second kappa shape index (κ2) is 5.32. The molecule has 0 aliphatic heterocycles. The molecule has 0 saturated carbocycles. The van der Waals surface area contributed by atoms with Gasteiger partial charge in [0.1, 0.15) is 5.75 Å². The fourth-order valence-corrected chi connectivity index (χ4v) is 1.78. The van der Waals surface area contributed by atoms with E-state index >= 15 is 0 Å². The van der Waals surface area contributed by atoms with Crippen LogP contribution in [0.4, 0.5) is 0 Å². The molecule has 1 aromatic rings. The molecule has 0 heterocycles. The quantitative estimate of drug-likeness (QED) is 0.289. The van der Waals surface area contributed by atoms with Crippen LogP contribution in [0.3, 0.4) is 0 Å². The molecule has 104 valence electrons. The number of carbonyl (C=O) groups is 1. The van der Waals surface area contributed by atoms with Crippen LogP contribution in [0, 0.1) is 5.92 Å². The van der Waals surface area contributed by atoms with Gasteiger partial charge in [-0.2, -0.15) is 0 Å². The minimum absolute atomic E-state index is 0.107. The fourth-order valence-electron chi connectivity index (χ4n) is 1.78. The molecule has 0 radical (unpaired) electrons. The Morgan fingerprint density at radius 3 is 2.55 bits per heavy atom. The topological polar surface area (TPSA) is 98.0 Å². The summed E-state index contributed by atoms with van der Waals surface area (Å²) in [7, 11) is 0. The summed E-state index contributed by atoms with van der Waals surface area (Å²) in [6.07, 6.45) is 6.43. The summed E-state index contributed by atoms with van der Waals surface area (Å²) in [5.74, 6) is -3.87. The van der Waals surface area contributed by atoms with Gasteiger partial charge in [0, 0.05) is 5.92 Å². The number of hydrogen-bond acceptors (Lipinski definition) is 5. The van der Waals surface area contributed by atoms with E-state index < -0.39 is 17.5 Å². The number of aromatic hydroxyl groups is 1. The molecule has 0 spiro atoms. The largest absolute Gasteiger partial charge is 0.507 e. The summed E-state index contributed by atoms with van der Waals surface area (Å²) in [6, 6.07) is 6.17. The number of carbonyl (C=O) groups excluding carboxylic acids is 1.